The Hall–Kier alpha value is -2.82. The smallest absolute Gasteiger partial charge is 0.268 e. The minimum absolute atomic E-state index is 0.253. The fourth-order valence-corrected chi connectivity index (χ4v) is 4.80. The lowest BCUT2D eigenvalue weighted by Gasteiger charge is -2.36. The van der Waals surface area contributed by atoms with Crippen LogP contribution < -0.4 is 5.32 Å². The molecule has 34 heavy (non-hydrogen) atoms. The average Bonchev–Trinajstić information content (AvgIpc) is 3.30. The molecular formula is C24H26ClN5O3S. The number of halogens is 1. The minimum Gasteiger partial charge on any atom is -0.415 e. The van der Waals surface area contributed by atoms with Gasteiger partial charge < -0.3 is 9.73 Å². The highest BCUT2D eigenvalue weighted by atomic mass is 35.5. The van der Waals surface area contributed by atoms with E-state index < -0.39 is 10.6 Å². The molecule has 8 nitrogen and oxygen atoms in total. The molecule has 0 unspecified atom stereocenters. The highest BCUT2D eigenvalue weighted by molar-refractivity contribution is 8.24. The maximum Gasteiger partial charge on any atom is 0.268 e. The zero-order valence-electron chi connectivity index (χ0n) is 19.3. The van der Waals surface area contributed by atoms with Crippen molar-refractivity contribution < 1.29 is 13.5 Å². The van der Waals surface area contributed by atoms with E-state index in [-0.39, 0.29) is 11.1 Å². The van der Waals surface area contributed by atoms with Gasteiger partial charge in [-0.05, 0) is 63.7 Å². The zero-order chi connectivity index (χ0) is 24.5. The van der Waals surface area contributed by atoms with Gasteiger partial charge in [0.25, 0.3) is 5.89 Å². The summed E-state index contributed by atoms with van der Waals surface area (Å²) in [6.07, 6.45) is 1.61. The molecule has 0 saturated heterocycles. The first kappa shape index (κ1) is 24.3. The van der Waals surface area contributed by atoms with Gasteiger partial charge in [0.2, 0.25) is 5.89 Å². The van der Waals surface area contributed by atoms with Crippen LogP contribution in [0.3, 0.4) is 0 Å². The molecule has 0 aliphatic heterocycles. The molecule has 3 N–H and O–H groups in total. The molecule has 0 fully saturated rings. The fourth-order valence-electron chi connectivity index (χ4n) is 3.35. The molecule has 0 radical (unpaired) electrons. The Morgan fingerprint density at radius 3 is 2.41 bits per heavy atom. The summed E-state index contributed by atoms with van der Waals surface area (Å²) in [6.45, 7) is 6.09. The molecule has 2 aromatic heterocycles. The van der Waals surface area contributed by atoms with Crippen LogP contribution in [0, 0.1) is 6.92 Å². The third-order valence-corrected chi connectivity index (χ3v) is 7.96. The number of rotatable bonds is 7. The summed E-state index contributed by atoms with van der Waals surface area (Å²) in [5.74, 6) is 0.641. The Morgan fingerprint density at radius 2 is 1.76 bits per heavy atom. The quantitative estimate of drug-likeness (QED) is 0.281. The second-order valence-corrected chi connectivity index (χ2v) is 11.1. The summed E-state index contributed by atoms with van der Waals surface area (Å²) in [4.78, 5) is 9.50. The van der Waals surface area contributed by atoms with Crippen molar-refractivity contribution in [3.8, 4) is 34.3 Å². The molecule has 0 amide bonds. The van der Waals surface area contributed by atoms with Crippen LogP contribution in [0.25, 0.3) is 34.3 Å². The fraction of sp³-hybridized carbons (Fsp3) is 0.250. The van der Waals surface area contributed by atoms with Gasteiger partial charge in [-0.15, -0.1) is 10.2 Å². The normalized spacial score (nSPS) is 12.4. The number of nitrogens with one attached hydrogen (secondary N) is 1. The second-order valence-electron chi connectivity index (χ2n) is 8.11. The van der Waals surface area contributed by atoms with Crippen molar-refractivity contribution >= 4 is 22.2 Å². The minimum atomic E-state index is -2.94. The van der Waals surface area contributed by atoms with Crippen LogP contribution in [0.5, 0.6) is 0 Å². The molecular weight excluding hydrogens is 474 g/mol. The average molecular weight is 500 g/mol. The van der Waals surface area contributed by atoms with E-state index in [1.807, 2.05) is 38.2 Å². The van der Waals surface area contributed by atoms with E-state index in [0.717, 1.165) is 17.7 Å². The number of benzene rings is 2. The SMILES string of the molecule is CNCc1ccc(-c2nnc(-c3nc(-c4ccc(S(O)(O)C(C)C)cc4Cl)cnc3C)o2)cc1. The van der Waals surface area contributed by atoms with Gasteiger partial charge in [-0.3, -0.25) is 14.1 Å². The van der Waals surface area contributed by atoms with Crippen LogP contribution >= 0.6 is 22.2 Å². The molecule has 2 aromatic carbocycles. The standard InChI is InChI=1S/C24H26ClN5O3S/c1-14(2)34(31,32)18-9-10-19(20(25)11-18)21-13-27-15(3)22(28-21)24-30-29-23(33-24)17-7-5-16(6-8-17)12-26-4/h5-11,13-14,26,31-32H,12H2,1-4H3. The number of hydrogen-bond acceptors (Lipinski definition) is 8. The first-order chi connectivity index (χ1) is 16.2. The Morgan fingerprint density at radius 1 is 1.06 bits per heavy atom. The first-order valence-corrected chi connectivity index (χ1v) is 12.7. The molecule has 4 rings (SSSR count). The lowest BCUT2D eigenvalue weighted by molar-refractivity contribution is 0.476. The van der Waals surface area contributed by atoms with Crippen molar-refractivity contribution in [2.24, 2.45) is 0 Å². The van der Waals surface area contributed by atoms with Crippen molar-refractivity contribution in [3.05, 3.63) is 64.9 Å². The van der Waals surface area contributed by atoms with Crippen LogP contribution in [-0.2, 0) is 6.54 Å². The molecule has 178 valence electrons. The third-order valence-electron chi connectivity index (χ3n) is 5.39. The Balaban J connectivity index is 1.66. The first-order valence-electron chi connectivity index (χ1n) is 10.7. The van der Waals surface area contributed by atoms with Gasteiger partial charge in [0.05, 0.1) is 27.5 Å². The predicted molar refractivity (Wildman–Crippen MR) is 135 cm³/mol. The Bertz CT molecular complexity index is 1310. The molecule has 0 saturated carbocycles. The van der Waals surface area contributed by atoms with E-state index in [2.05, 4.69) is 25.5 Å². The topological polar surface area (TPSA) is 117 Å². The van der Waals surface area contributed by atoms with Crippen LogP contribution in [0.4, 0.5) is 0 Å². The van der Waals surface area contributed by atoms with Gasteiger partial charge in [0, 0.05) is 22.9 Å². The summed E-state index contributed by atoms with van der Waals surface area (Å²) in [5, 5.41) is 11.5. The Kier molecular flexibility index (Phi) is 7.01. The van der Waals surface area contributed by atoms with Gasteiger partial charge in [-0.25, -0.2) is 4.98 Å². The number of aromatic nitrogens is 4. The second kappa shape index (κ2) is 9.81. The van der Waals surface area contributed by atoms with E-state index >= 15 is 0 Å². The van der Waals surface area contributed by atoms with E-state index in [4.69, 9.17) is 16.0 Å². The van der Waals surface area contributed by atoms with E-state index in [1.165, 1.54) is 0 Å². The summed E-state index contributed by atoms with van der Waals surface area (Å²) in [5.41, 5.74) is 4.16. The van der Waals surface area contributed by atoms with Crippen molar-refractivity contribution in [3.63, 3.8) is 0 Å². The lowest BCUT2D eigenvalue weighted by Crippen LogP contribution is -2.10. The maximum atomic E-state index is 10.4. The molecule has 0 bridgehead atoms. The molecule has 0 aliphatic carbocycles. The van der Waals surface area contributed by atoms with Crippen molar-refractivity contribution in [2.45, 2.75) is 37.5 Å². The van der Waals surface area contributed by atoms with Crippen LogP contribution in [-0.4, -0.2) is 41.6 Å². The number of nitrogens with zero attached hydrogens (tertiary/aromatic N) is 4. The largest absolute Gasteiger partial charge is 0.415 e. The van der Waals surface area contributed by atoms with Crippen molar-refractivity contribution in [1.82, 2.24) is 25.5 Å². The van der Waals surface area contributed by atoms with Crippen molar-refractivity contribution in [1.29, 1.82) is 0 Å². The van der Waals surface area contributed by atoms with Crippen LogP contribution in [0.15, 0.2) is 58.0 Å². The lowest BCUT2D eigenvalue weighted by atomic mass is 10.1. The third kappa shape index (κ3) is 4.84. The van der Waals surface area contributed by atoms with E-state index in [0.29, 0.717) is 38.5 Å². The highest BCUT2D eigenvalue weighted by Gasteiger charge is 2.22. The maximum absolute atomic E-state index is 10.4. The van der Waals surface area contributed by atoms with E-state index in [9.17, 15) is 9.11 Å². The zero-order valence-corrected chi connectivity index (χ0v) is 20.9. The molecule has 10 heteroatoms. The van der Waals surface area contributed by atoms with Gasteiger partial charge in [-0.1, -0.05) is 23.7 Å². The monoisotopic (exact) mass is 499 g/mol. The molecule has 4 aromatic rings. The highest BCUT2D eigenvalue weighted by Crippen LogP contribution is 2.53. The Labute approximate surface area is 204 Å². The summed E-state index contributed by atoms with van der Waals surface area (Å²) >= 11 is 6.50. The van der Waals surface area contributed by atoms with Crippen LogP contribution in [0.1, 0.15) is 25.1 Å². The molecule has 0 spiro atoms. The van der Waals surface area contributed by atoms with Crippen molar-refractivity contribution in [2.75, 3.05) is 7.05 Å². The van der Waals surface area contributed by atoms with Crippen LogP contribution in [0.2, 0.25) is 5.02 Å². The van der Waals surface area contributed by atoms with Gasteiger partial charge in [-0.2, -0.15) is 10.6 Å². The summed E-state index contributed by atoms with van der Waals surface area (Å²) in [6, 6.07) is 12.8. The molecule has 0 aliphatic rings. The van der Waals surface area contributed by atoms with Gasteiger partial charge in [0.1, 0.15) is 5.69 Å². The van der Waals surface area contributed by atoms with Gasteiger partial charge in [0.15, 0.2) is 0 Å². The van der Waals surface area contributed by atoms with E-state index in [1.54, 1.807) is 38.2 Å². The number of aryl methyl sites for hydroxylation is 1. The number of hydrogen-bond donors (Lipinski definition) is 3. The molecule has 0 atom stereocenters. The molecule has 2 heterocycles. The predicted octanol–water partition coefficient (Wildman–Crippen LogP) is 6.06. The summed E-state index contributed by atoms with van der Waals surface area (Å²) in [7, 11) is -1.04. The summed E-state index contributed by atoms with van der Waals surface area (Å²) < 4.78 is 26.8. The van der Waals surface area contributed by atoms with Gasteiger partial charge >= 0.3 is 0 Å².